The number of halogens is 2. The van der Waals surface area contributed by atoms with Gasteiger partial charge in [-0.25, -0.2) is 4.39 Å². The number of nitrogens with zero attached hydrogens (tertiary/aromatic N) is 1. The van der Waals surface area contributed by atoms with E-state index in [1.54, 1.807) is 0 Å². The van der Waals surface area contributed by atoms with E-state index in [4.69, 9.17) is 11.6 Å². The number of carboxylic acids is 1. The van der Waals surface area contributed by atoms with E-state index in [0.717, 1.165) is 25.5 Å². The molecule has 2 N–H and O–H groups in total. The Labute approximate surface area is 144 Å². The second kappa shape index (κ2) is 6.69. The van der Waals surface area contributed by atoms with Crippen LogP contribution in [0.25, 0.3) is 0 Å². The van der Waals surface area contributed by atoms with Gasteiger partial charge in [-0.1, -0.05) is 18.0 Å². The standard InChI is InChI=1S/C17H20ClFN2O3/c18-12-3-4-14(13(19)8-12)20-15(22)5-7-21-9-11-2-1-6-17(11,10-21)16(23)24/h3-4,8,11H,1-2,5-7,9-10H2,(H,20,22)(H,23,24)/t11-,17+/m0/s1. The predicted octanol–water partition coefficient (Wildman–Crippen LogP) is 2.99. The summed E-state index contributed by atoms with van der Waals surface area (Å²) < 4.78 is 13.7. The highest BCUT2D eigenvalue weighted by Gasteiger charge is 2.54. The molecule has 24 heavy (non-hydrogen) atoms. The topological polar surface area (TPSA) is 69.6 Å². The minimum atomic E-state index is -0.722. The number of nitrogens with one attached hydrogen (secondary N) is 1. The van der Waals surface area contributed by atoms with Crippen LogP contribution in [0.1, 0.15) is 25.7 Å². The molecule has 2 aliphatic rings. The third-order valence-electron chi connectivity index (χ3n) is 5.23. The fourth-order valence-corrected chi connectivity index (χ4v) is 4.14. The van der Waals surface area contributed by atoms with Gasteiger partial charge >= 0.3 is 5.97 Å². The summed E-state index contributed by atoms with van der Waals surface area (Å²) >= 11 is 5.68. The van der Waals surface area contributed by atoms with E-state index in [2.05, 4.69) is 5.32 Å². The fourth-order valence-electron chi connectivity index (χ4n) is 3.98. The largest absolute Gasteiger partial charge is 0.481 e. The number of hydrogen-bond acceptors (Lipinski definition) is 3. The van der Waals surface area contributed by atoms with Gasteiger partial charge in [0.1, 0.15) is 5.82 Å². The third kappa shape index (κ3) is 3.26. The van der Waals surface area contributed by atoms with Gasteiger partial charge in [-0.15, -0.1) is 0 Å². The average molecular weight is 355 g/mol. The molecule has 0 bridgehead atoms. The summed E-state index contributed by atoms with van der Waals surface area (Å²) in [6.07, 6.45) is 2.81. The van der Waals surface area contributed by atoms with Crippen molar-refractivity contribution in [1.29, 1.82) is 0 Å². The van der Waals surface area contributed by atoms with Crippen molar-refractivity contribution in [1.82, 2.24) is 4.90 Å². The molecular weight excluding hydrogens is 335 g/mol. The molecule has 0 unspecified atom stereocenters. The number of fused-ring (bicyclic) bond motifs is 1. The predicted molar refractivity (Wildman–Crippen MR) is 88.5 cm³/mol. The number of rotatable bonds is 5. The molecule has 130 valence electrons. The van der Waals surface area contributed by atoms with Crippen LogP contribution in [0.3, 0.4) is 0 Å². The van der Waals surface area contributed by atoms with Gasteiger partial charge in [-0.05, 0) is 37.0 Å². The quantitative estimate of drug-likeness (QED) is 0.852. The van der Waals surface area contributed by atoms with Crippen molar-refractivity contribution in [3.05, 3.63) is 29.0 Å². The van der Waals surface area contributed by atoms with Crippen LogP contribution in [0.5, 0.6) is 0 Å². The van der Waals surface area contributed by atoms with E-state index in [0.29, 0.717) is 19.5 Å². The first kappa shape index (κ1) is 17.2. The van der Waals surface area contributed by atoms with Crippen molar-refractivity contribution in [3.63, 3.8) is 0 Å². The molecule has 1 aromatic carbocycles. The Kier molecular flexibility index (Phi) is 4.78. The van der Waals surface area contributed by atoms with E-state index in [1.165, 1.54) is 12.1 Å². The first-order valence-corrected chi connectivity index (χ1v) is 8.49. The number of amides is 1. The molecule has 1 amide bonds. The van der Waals surface area contributed by atoms with Crippen molar-refractivity contribution < 1.29 is 19.1 Å². The lowest BCUT2D eigenvalue weighted by Gasteiger charge is -2.23. The molecule has 2 fully saturated rings. The molecule has 1 aromatic rings. The molecule has 3 rings (SSSR count). The van der Waals surface area contributed by atoms with Crippen LogP contribution in [-0.4, -0.2) is 41.5 Å². The first-order chi connectivity index (χ1) is 11.4. The first-order valence-electron chi connectivity index (χ1n) is 8.11. The van der Waals surface area contributed by atoms with E-state index in [1.807, 2.05) is 4.90 Å². The highest BCUT2D eigenvalue weighted by Crippen LogP contribution is 2.48. The van der Waals surface area contributed by atoms with E-state index >= 15 is 0 Å². The van der Waals surface area contributed by atoms with Crippen molar-refractivity contribution >= 4 is 29.2 Å². The molecule has 1 aliphatic heterocycles. The van der Waals surface area contributed by atoms with Crippen molar-refractivity contribution in [2.24, 2.45) is 11.3 Å². The molecule has 5 nitrogen and oxygen atoms in total. The zero-order chi connectivity index (χ0) is 17.3. The summed E-state index contributed by atoms with van der Waals surface area (Å²) in [5, 5.41) is 12.4. The maximum absolute atomic E-state index is 13.7. The number of benzene rings is 1. The van der Waals surface area contributed by atoms with Crippen LogP contribution in [0.15, 0.2) is 18.2 Å². The lowest BCUT2D eigenvalue weighted by Crippen LogP contribution is -2.36. The van der Waals surface area contributed by atoms with Gasteiger partial charge in [-0.3, -0.25) is 9.59 Å². The summed E-state index contributed by atoms with van der Waals surface area (Å²) in [5.41, 5.74) is -0.539. The number of carbonyl (C=O) groups is 2. The molecular formula is C17H20ClFN2O3. The summed E-state index contributed by atoms with van der Waals surface area (Å²) in [7, 11) is 0. The number of carbonyl (C=O) groups excluding carboxylic acids is 1. The van der Waals surface area contributed by atoms with Gasteiger partial charge < -0.3 is 15.3 Å². The Balaban J connectivity index is 1.53. The number of aliphatic carboxylic acids is 1. The Morgan fingerprint density at radius 2 is 2.25 bits per heavy atom. The Morgan fingerprint density at radius 3 is 2.92 bits per heavy atom. The van der Waals surface area contributed by atoms with Gasteiger partial charge in [0.2, 0.25) is 5.91 Å². The van der Waals surface area contributed by atoms with Gasteiger partial charge in [0, 0.05) is 31.1 Å². The van der Waals surface area contributed by atoms with E-state index in [9.17, 15) is 19.1 Å². The molecule has 7 heteroatoms. The highest BCUT2D eigenvalue weighted by molar-refractivity contribution is 6.30. The molecule has 2 atom stereocenters. The normalized spacial score (nSPS) is 26.3. The zero-order valence-electron chi connectivity index (χ0n) is 13.2. The fraction of sp³-hybridized carbons (Fsp3) is 0.529. The van der Waals surface area contributed by atoms with Gasteiger partial charge in [0.25, 0.3) is 0 Å². The lowest BCUT2D eigenvalue weighted by atomic mass is 9.81. The molecule has 0 aromatic heterocycles. The maximum atomic E-state index is 13.7. The van der Waals surface area contributed by atoms with E-state index in [-0.39, 0.29) is 29.0 Å². The molecule has 1 heterocycles. The monoisotopic (exact) mass is 354 g/mol. The van der Waals surface area contributed by atoms with Crippen molar-refractivity contribution in [2.75, 3.05) is 25.0 Å². The van der Waals surface area contributed by atoms with Crippen LogP contribution in [0.4, 0.5) is 10.1 Å². The summed E-state index contributed by atoms with van der Waals surface area (Å²) in [6, 6.07) is 4.09. The van der Waals surface area contributed by atoms with Crippen LogP contribution < -0.4 is 5.32 Å². The number of carboxylic acid groups (broad SMARTS) is 1. The lowest BCUT2D eigenvalue weighted by molar-refractivity contribution is -0.149. The minimum absolute atomic E-state index is 0.102. The Bertz CT molecular complexity index is 669. The SMILES string of the molecule is O=C(CCN1C[C@@H]2CCC[C@@]2(C(=O)O)C1)Nc1ccc(Cl)cc1F. The van der Waals surface area contributed by atoms with Gasteiger partial charge in [-0.2, -0.15) is 0 Å². The minimum Gasteiger partial charge on any atom is -0.481 e. The second-order valence-corrected chi connectivity index (χ2v) is 7.14. The Morgan fingerprint density at radius 1 is 1.46 bits per heavy atom. The van der Waals surface area contributed by atoms with E-state index < -0.39 is 17.2 Å². The summed E-state index contributed by atoms with van der Waals surface area (Å²) in [6.45, 7) is 1.69. The number of anilines is 1. The van der Waals surface area contributed by atoms with Crippen molar-refractivity contribution in [3.8, 4) is 0 Å². The molecule has 1 saturated heterocycles. The third-order valence-corrected chi connectivity index (χ3v) is 5.46. The van der Waals surface area contributed by atoms with Crippen molar-refractivity contribution in [2.45, 2.75) is 25.7 Å². The number of likely N-dealkylation sites (tertiary alicyclic amines) is 1. The molecule has 1 aliphatic carbocycles. The molecule has 1 saturated carbocycles. The summed E-state index contributed by atoms with van der Waals surface area (Å²) in [4.78, 5) is 25.7. The van der Waals surface area contributed by atoms with Gasteiger partial charge in [0.15, 0.2) is 0 Å². The summed E-state index contributed by atoms with van der Waals surface area (Å²) in [5.74, 6) is -1.42. The molecule has 0 spiro atoms. The Hall–Kier alpha value is -1.66. The highest BCUT2D eigenvalue weighted by atomic mass is 35.5. The number of hydrogen-bond donors (Lipinski definition) is 2. The van der Waals surface area contributed by atoms with Crippen LogP contribution in [0, 0.1) is 17.2 Å². The van der Waals surface area contributed by atoms with Crippen LogP contribution in [-0.2, 0) is 9.59 Å². The molecule has 0 radical (unpaired) electrons. The second-order valence-electron chi connectivity index (χ2n) is 6.71. The van der Waals surface area contributed by atoms with Gasteiger partial charge in [0.05, 0.1) is 11.1 Å². The van der Waals surface area contributed by atoms with Crippen LogP contribution in [0.2, 0.25) is 5.02 Å². The maximum Gasteiger partial charge on any atom is 0.311 e. The smallest absolute Gasteiger partial charge is 0.311 e. The van der Waals surface area contributed by atoms with Crippen LogP contribution >= 0.6 is 11.6 Å². The average Bonchev–Trinajstić information content (AvgIpc) is 3.06. The zero-order valence-corrected chi connectivity index (χ0v) is 14.0.